The van der Waals surface area contributed by atoms with Gasteiger partial charge in [-0.05, 0) is 48.1 Å². The molecular formula is C19H22ClN. The van der Waals surface area contributed by atoms with Crippen LogP contribution in [-0.4, -0.2) is 6.54 Å². The first-order chi connectivity index (χ1) is 10.3. The van der Waals surface area contributed by atoms with E-state index in [-0.39, 0.29) is 6.04 Å². The van der Waals surface area contributed by atoms with Crippen molar-refractivity contribution in [2.45, 2.75) is 38.1 Å². The summed E-state index contributed by atoms with van der Waals surface area (Å²) in [5, 5.41) is 4.37. The summed E-state index contributed by atoms with van der Waals surface area (Å²) in [6.07, 6.45) is 4.08. The number of hydrogen-bond acceptors (Lipinski definition) is 1. The van der Waals surface area contributed by atoms with Crippen LogP contribution in [0.4, 0.5) is 0 Å². The summed E-state index contributed by atoms with van der Waals surface area (Å²) in [5.41, 5.74) is 3.92. The van der Waals surface area contributed by atoms with Crippen LogP contribution in [0.25, 0.3) is 0 Å². The van der Waals surface area contributed by atoms with E-state index in [9.17, 15) is 0 Å². The summed E-state index contributed by atoms with van der Waals surface area (Å²) in [7, 11) is 0. The van der Waals surface area contributed by atoms with Crippen molar-refractivity contribution < 1.29 is 0 Å². The fourth-order valence-corrected chi connectivity index (χ4v) is 3.27. The van der Waals surface area contributed by atoms with Gasteiger partial charge in [-0.15, -0.1) is 0 Å². The van der Waals surface area contributed by atoms with Gasteiger partial charge in [-0.25, -0.2) is 0 Å². The predicted octanol–water partition coefficient (Wildman–Crippen LogP) is 5.31. The van der Waals surface area contributed by atoms with Crippen LogP contribution in [0.15, 0.2) is 48.5 Å². The SMILES string of the molecule is CCNC(c1ccc(C2CCC2)cc1)c1ccccc1Cl. The molecule has 1 aliphatic rings. The Morgan fingerprint density at radius 3 is 2.38 bits per heavy atom. The van der Waals surface area contributed by atoms with Crippen LogP contribution in [0.2, 0.25) is 5.02 Å². The fraction of sp³-hybridized carbons (Fsp3) is 0.368. The first-order valence-corrected chi connectivity index (χ1v) is 8.25. The molecule has 21 heavy (non-hydrogen) atoms. The topological polar surface area (TPSA) is 12.0 Å². The highest BCUT2D eigenvalue weighted by atomic mass is 35.5. The minimum atomic E-state index is 0.166. The molecule has 110 valence electrons. The van der Waals surface area contributed by atoms with Crippen molar-refractivity contribution in [3.8, 4) is 0 Å². The minimum absolute atomic E-state index is 0.166. The van der Waals surface area contributed by atoms with E-state index in [0.29, 0.717) is 0 Å². The zero-order chi connectivity index (χ0) is 14.7. The first-order valence-electron chi connectivity index (χ1n) is 7.87. The maximum Gasteiger partial charge on any atom is 0.0591 e. The van der Waals surface area contributed by atoms with Crippen molar-refractivity contribution in [2.75, 3.05) is 6.54 Å². The molecule has 0 radical (unpaired) electrons. The predicted molar refractivity (Wildman–Crippen MR) is 90.0 cm³/mol. The monoisotopic (exact) mass is 299 g/mol. The highest BCUT2D eigenvalue weighted by Gasteiger charge is 2.20. The van der Waals surface area contributed by atoms with Crippen molar-refractivity contribution in [1.29, 1.82) is 0 Å². The van der Waals surface area contributed by atoms with Gasteiger partial charge in [0, 0.05) is 5.02 Å². The molecule has 2 aromatic rings. The third-order valence-corrected chi connectivity index (χ3v) is 4.82. The maximum absolute atomic E-state index is 6.38. The van der Waals surface area contributed by atoms with Crippen molar-refractivity contribution >= 4 is 11.6 Å². The number of benzene rings is 2. The van der Waals surface area contributed by atoms with Gasteiger partial charge in [0.15, 0.2) is 0 Å². The van der Waals surface area contributed by atoms with Crippen molar-refractivity contribution in [1.82, 2.24) is 5.32 Å². The second-order valence-electron chi connectivity index (χ2n) is 5.81. The molecular weight excluding hydrogens is 278 g/mol. The van der Waals surface area contributed by atoms with E-state index in [1.165, 1.54) is 30.4 Å². The molecule has 1 saturated carbocycles. The Bertz CT molecular complexity index is 587. The van der Waals surface area contributed by atoms with E-state index in [1.807, 2.05) is 18.2 Å². The lowest BCUT2D eigenvalue weighted by atomic mass is 9.79. The Labute approximate surface area is 132 Å². The summed E-state index contributed by atoms with van der Waals surface area (Å²) in [6, 6.07) is 17.4. The highest BCUT2D eigenvalue weighted by Crippen LogP contribution is 2.37. The Morgan fingerprint density at radius 1 is 1.10 bits per heavy atom. The first kappa shape index (κ1) is 14.6. The minimum Gasteiger partial charge on any atom is -0.306 e. The van der Waals surface area contributed by atoms with Gasteiger partial charge in [0.2, 0.25) is 0 Å². The summed E-state index contributed by atoms with van der Waals surface area (Å²) in [4.78, 5) is 0. The molecule has 1 fully saturated rings. The third kappa shape index (κ3) is 3.14. The standard InChI is InChI=1S/C19H22ClN/c1-2-21-19(17-8-3-4-9-18(17)20)16-12-10-15(11-13-16)14-6-5-7-14/h3-4,8-14,19,21H,2,5-7H2,1H3. The van der Waals surface area contributed by atoms with Crippen molar-refractivity contribution in [3.05, 3.63) is 70.2 Å². The molecule has 0 spiro atoms. The van der Waals surface area contributed by atoms with Gasteiger partial charge in [-0.2, -0.15) is 0 Å². The van der Waals surface area contributed by atoms with Crippen molar-refractivity contribution in [2.24, 2.45) is 0 Å². The number of halogens is 1. The molecule has 1 nitrogen and oxygen atoms in total. The Kier molecular flexibility index (Phi) is 4.62. The molecule has 0 aliphatic heterocycles. The molecule has 0 aromatic heterocycles. The van der Waals surface area contributed by atoms with Gasteiger partial charge < -0.3 is 5.32 Å². The van der Waals surface area contributed by atoms with E-state index >= 15 is 0 Å². The van der Waals surface area contributed by atoms with E-state index in [4.69, 9.17) is 11.6 Å². The Balaban J connectivity index is 1.88. The fourth-order valence-electron chi connectivity index (χ4n) is 3.02. The van der Waals surface area contributed by atoms with Crippen LogP contribution in [0.5, 0.6) is 0 Å². The molecule has 0 bridgehead atoms. The molecule has 1 aliphatic carbocycles. The molecule has 1 N–H and O–H groups in total. The van der Waals surface area contributed by atoms with E-state index in [1.54, 1.807) is 0 Å². The van der Waals surface area contributed by atoms with Crippen LogP contribution in [0.3, 0.4) is 0 Å². The molecule has 0 heterocycles. The van der Waals surface area contributed by atoms with E-state index < -0.39 is 0 Å². The van der Waals surface area contributed by atoms with Gasteiger partial charge in [0.05, 0.1) is 6.04 Å². The molecule has 3 rings (SSSR count). The van der Waals surface area contributed by atoms with Gasteiger partial charge in [-0.3, -0.25) is 0 Å². The molecule has 2 aromatic carbocycles. The van der Waals surface area contributed by atoms with Crippen LogP contribution in [-0.2, 0) is 0 Å². The maximum atomic E-state index is 6.38. The number of nitrogens with one attached hydrogen (secondary N) is 1. The molecule has 0 saturated heterocycles. The zero-order valence-electron chi connectivity index (χ0n) is 12.5. The Morgan fingerprint density at radius 2 is 1.81 bits per heavy atom. The third-order valence-electron chi connectivity index (χ3n) is 4.47. The van der Waals surface area contributed by atoms with Gasteiger partial charge in [0.1, 0.15) is 0 Å². The molecule has 0 amide bonds. The van der Waals surface area contributed by atoms with Crippen LogP contribution in [0, 0.1) is 0 Å². The van der Waals surface area contributed by atoms with E-state index in [2.05, 4.69) is 42.6 Å². The normalized spacial score (nSPS) is 16.5. The van der Waals surface area contributed by atoms with Crippen LogP contribution < -0.4 is 5.32 Å². The van der Waals surface area contributed by atoms with Gasteiger partial charge >= 0.3 is 0 Å². The smallest absolute Gasteiger partial charge is 0.0591 e. The number of rotatable bonds is 5. The average Bonchev–Trinajstić information content (AvgIpc) is 2.45. The van der Waals surface area contributed by atoms with Gasteiger partial charge in [0.25, 0.3) is 0 Å². The lowest BCUT2D eigenvalue weighted by molar-refractivity contribution is 0.419. The number of hydrogen-bond donors (Lipinski definition) is 1. The summed E-state index contributed by atoms with van der Waals surface area (Å²) in [6.45, 7) is 3.05. The molecule has 1 unspecified atom stereocenters. The van der Waals surface area contributed by atoms with Crippen LogP contribution in [0.1, 0.15) is 54.8 Å². The summed E-state index contributed by atoms with van der Waals surface area (Å²) in [5.74, 6) is 0.789. The highest BCUT2D eigenvalue weighted by molar-refractivity contribution is 6.31. The largest absolute Gasteiger partial charge is 0.306 e. The van der Waals surface area contributed by atoms with Gasteiger partial charge in [-0.1, -0.05) is 67.4 Å². The second-order valence-corrected chi connectivity index (χ2v) is 6.21. The summed E-state index contributed by atoms with van der Waals surface area (Å²) >= 11 is 6.38. The lowest BCUT2D eigenvalue weighted by Crippen LogP contribution is -2.22. The summed E-state index contributed by atoms with van der Waals surface area (Å²) < 4.78 is 0. The quantitative estimate of drug-likeness (QED) is 0.789. The molecule has 1 atom stereocenters. The zero-order valence-corrected chi connectivity index (χ0v) is 13.2. The second kappa shape index (κ2) is 6.64. The van der Waals surface area contributed by atoms with Crippen LogP contribution >= 0.6 is 11.6 Å². The van der Waals surface area contributed by atoms with E-state index in [0.717, 1.165) is 23.0 Å². The Hall–Kier alpha value is -1.31. The lowest BCUT2D eigenvalue weighted by Gasteiger charge is -2.26. The van der Waals surface area contributed by atoms with Crippen molar-refractivity contribution in [3.63, 3.8) is 0 Å². The average molecular weight is 300 g/mol. The molecule has 2 heteroatoms.